The Kier molecular flexibility index (Phi) is 7.83. The summed E-state index contributed by atoms with van der Waals surface area (Å²) in [6.45, 7) is 3.03. The number of hydrogen-bond donors (Lipinski definition) is 3. The first-order chi connectivity index (χ1) is 19.1. The van der Waals surface area contributed by atoms with Crippen molar-refractivity contribution in [3.8, 4) is 11.5 Å². The number of pyridine rings is 1. The van der Waals surface area contributed by atoms with E-state index in [2.05, 4.69) is 25.5 Å². The van der Waals surface area contributed by atoms with E-state index in [0.29, 0.717) is 34.9 Å². The molecule has 2 aromatic heterocycles. The fourth-order valence-electron chi connectivity index (χ4n) is 4.45. The van der Waals surface area contributed by atoms with Gasteiger partial charge in [-0.3, -0.25) is 4.90 Å². The van der Waals surface area contributed by atoms with Crippen molar-refractivity contribution in [1.82, 2.24) is 19.8 Å². The molecule has 1 aliphatic rings. The van der Waals surface area contributed by atoms with E-state index in [9.17, 15) is 22.4 Å². The number of fused-ring (bicyclic) bond motifs is 1. The predicted octanol–water partition coefficient (Wildman–Crippen LogP) is 6.56. The lowest BCUT2D eigenvalue weighted by atomic mass is 10.0. The summed E-state index contributed by atoms with van der Waals surface area (Å²) in [7, 11) is 1.97. The van der Waals surface area contributed by atoms with E-state index in [-0.39, 0.29) is 29.2 Å². The number of ether oxygens (including phenoxy) is 1. The number of benzene rings is 2. The highest BCUT2D eigenvalue weighted by atomic mass is 35.5. The molecule has 40 heavy (non-hydrogen) atoms. The van der Waals surface area contributed by atoms with E-state index >= 15 is 0 Å². The number of urea groups is 1. The molecule has 2 aromatic carbocycles. The second-order valence-electron chi connectivity index (χ2n) is 9.44. The van der Waals surface area contributed by atoms with Gasteiger partial charge in [0.2, 0.25) is 0 Å². The molecular formula is C27H25ClF4N6O2. The van der Waals surface area contributed by atoms with Crippen molar-refractivity contribution in [2.45, 2.75) is 12.7 Å². The van der Waals surface area contributed by atoms with Gasteiger partial charge in [-0.25, -0.2) is 14.2 Å². The lowest BCUT2D eigenvalue weighted by Crippen LogP contribution is -2.44. The van der Waals surface area contributed by atoms with Crippen LogP contribution in [0.2, 0.25) is 5.02 Å². The first kappa shape index (κ1) is 27.7. The van der Waals surface area contributed by atoms with Gasteiger partial charge in [0.1, 0.15) is 23.0 Å². The van der Waals surface area contributed by atoms with Crippen molar-refractivity contribution in [1.29, 1.82) is 0 Å². The van der Waals surface area contributed by atoms with Crippen LogP contribution in [0.4, 0.5) is 33.7 Å². The molecule has 2 amide bonds. The number of H-pyrrole nitrogens is 1. The van der Waals surface area contributed by atoms with Gasteiger partial charge < -0.3 is 25.3 Å². The first-order valence-electron chi connectivity index (χ1n) is 12.3. The summed E-state index contributed by atoms with van der Waals surface area (Å²) in [5, 5.41) is 5.58. The zero-order valence-corrected chi connectivity index (χ0v) is 22.0. The average Bonchev–Trinajstić information content (AvgIpc) is 3.29. The molecular weight excluding hydrogens is 552 g/mol. The van der Waals surface area contributed by atoms with Crippen molar-refractivity contribution < 1.29 is 27.1 Å². The minimum atomic E-state index is -4.61. The summed E-state index contributed by atoms with van der Waals surface area (Å²) in [5.41, 5.74) is -0.467. The van der Waals surface area contributed by atoms with Gasteiger partial charge in [-0.2, -0.15) is 13.2 Å². The van der Waals surface area contributed by atoms with E-state index in [1.54, 1.807) is 12.3 Å². The van der Waals surface area contributed by atoms with Crippen LogP contribution in [0, 0.1) is 5.82 Å². The predicted molar refractivity (Wildman–Crippen MR) is 144 cm³/mol. The molecule has 1 fully saturated rings. The van der Waals surface area contributed by atoms with Gasteiger partial charge in [0.25, 0.3) is 0 Å². The van der Waals surface area contributed by atoms with E-state index in [4.69, 9.17) is 16.3 Å². The Labute approximate surface area is 231 Å². The molecule has 5 rings (SSSR count). The Morgan fingerprint density at radius 3 is 2.60 bits per heavy atom. The topological polar surface area (TPSA) is 85.5 Å². The summed E-state index contributed by atoms with van der Waals surface area (Å²) in [4.78, 5) is 23.6. The molecule has 0 spiro atoms. The molecule has 0 bridgehead atoms. The number of piperazine rings is 1. The molecule has 0 saturated carbocycles. The summed E-state index contributed by atoms with van der Waals surface area (Å²) in [6, 6.07) is 8.10. The van der Waals surface area contributed by atoms with Crippen LogP contribution < -0.4 is 15.4 Å². The van der Waals surface area contributed by atoms with Crippen molar-refractivity contribution in [2.24, 2.45) is 0 Å². The van der Waals surface area contributed by atoms with Crippen LogP contribution >= 0.6 is 11.6 Å². The van der Waals surface area contributed by atoms with E-state index in [1.807, 2.05) is 11.9 Å². The normalized spacial score (nSPS) is 14.8. The van der Waals surface area contributed by atoms with Gasteiger partial charge in [0, 0.05) is 56.9 Å². The molecule has 3 N–H and O–H groups in total. The number of anilines is 2. The molecule has 4 aromatic rings. The number of amides is 2. The number of rotatable bonds is 6. The number of nitrogens with zero attached hydrogens (tertiary/aromatic N) is 3. The van der Waals surface area contributed by atoms with Crippen molar-refractivity contribution >= 4 is 40.0 Å². The Morgan fingerprint density at radius 2 is 1.88 bits per heavy atom. The summed E-state index contributed by atoms with van der Waals surface area (Å²) in [6.07, 6.45) is -1.55. The number of hydrogen-bond acceptors (Lipinski definition) is 5. The number of halogens is 5. The number of likely N-dealkylation sites (N-methyl/N-ethyl adjacent to an activating group) is 1. The lowest BCUT2D eigenvalue weighted by molar-refractivity contribution is -0.138. The third-order valence-corrected chi connectivity index (χ3v) is 6.86. The molecule has 1 saturated heterocycles. The standard InChI is InChI=1S/C27H25ClF4N6O2/c1-37-8-10-38(11-9-37)15-16-2-3-17(12-19(16)27(30,31)32)35-26(39)36-22-5-4-18(13-21(22)29)40-23-6-7-33-25-24(23)20(28)14-34-25/h2-7,12-14H,8-11,15H2,1H3,(H,33,34)(H2,35,36,39). The van der Waals surface area contributed by atoms with E-state index < -0.39 is 23.6 Å². The molecule has 0 unspecified atom stereocenters. The number of nitrogens with one attached hydrogen (secondary N) is 3. The second kappa shape index (κ2) is 11.3. The second-order valence-corrected chi connectivity index (χ2v) is 9.85. The van der Waals surface area contributed by atoms with Crippen molar-refractivity contribution in [3.05, 3.63) is 76.8 Å². The monoisotopic (exact) mass is 576 g/mol. The van der Waals surface area contributed by atoms with Crippen LogP contribution in [-0.2, 0) is 12.7 Å². The van der Waals surface area contributed by atoms with Crippen LogP contribution in [0.5, 0.6) is 11.5 Å². The zero-order valence-electron chi connectivity index (χ0n) is 21.3. The number of aromatic amines is 1. The van der Waals surface area contributed by atoms with Gasteiger partial charge in [-0.15, -0.1) is 0 Å². The summed E-state index contributed by atoms with van der Waals surface area (Å²) < 4.78 is 62.0. The quantitative estimate of drug-likeness (QED) is 0.226. The smallest absolute Gasteiger partial charge is 0.416 e. The zero-order chi connectivity index (χ0) is 28.4. The molecule has 0 aliphatic carbocycles. The summed E-state index contributed by atoms with van der Waals surface area (Å²) in [5.74, 6) is -0.318. The molecule has 8 nitrogen and oxygen atoms in total. The number of aromatic nitrogens is 2. The van der Waals surface area contributed by atoms with Crippen LogP contribution in [0.25, 0.3) is 11.0 Å². The highest BCUT2D eigenvalue weighted by molar-refractivity contribution is 6.36. The molecule has 0 radical (unpaired) electrons. The number of carbonyl (C=O) groups excluding carboxylic acids is 1. The van der Waals surface area contributed by atoms with Crippen LogP contribution in [0.15, 0.2) is 54.9 Å². The van der Waals surface area contributed by atoms with Gasteiger partial charge in [-0.1, -0.05) is 17.7 Å². The molecule has 0 atom stereocenters. The van der Waals surface area contributed by atoms with E-state index in [0.717, 1.165) is 25.2 Å². The highest BCUT2D eigenvalue weighted by Crippen LogP contribution is 2.36. The molecule has 210 valence electrons. The Morgan fingerprint density at radius 1 is 1.10 bits per heavy atom. The Bertz CT molecular complexity index is 1540. The highest BCUT2D eigenvalue weighted by Gasteiger charge is 2.34. The average molecular weight is 577 g/mol. The third kappa shape index (κ3) is 6.30. The maximum atomic E-state index is 14.8. The maximum absolute atomic E-state index is 14.8. The molecule has 3 heterocycles. The Balaban J connectivity index is 1.26. The van der Waals surface area contributed by atoms with Crippen molar-refractivity contribution in [3.63, 3.8) is 0 Å². The SMILES string of the molecule is CN1CCN(Cc2ccc(NC(=O)Nc3ccc(Oc4ccnc5[nH]cc(Cl)c45)cc3F)cc2C(F)(F)F)CC1. The molecule has 1 aliphatic heterocycles. The van der Waals surface area contributed by atoms with Gasteiger partial charge in [0.05, 0.1) is 21.7 Å². The third-order valence-electron chi connectivity index (χ3n) is 6.57. The van der Waals surface area contributed by atoms with Gasteiger partial charge in [-0.05, 0) is 42.9 Å². The van der Waals surface area contributed by atoms with Crippen LogP contribution in [0.3, 0.4) is 0 Å². The number of alkyl halides is 3. The minimum Gasteiger partial charge on any atom is -0.456 e. The fraction of sp³-hybridized carbons (Fsp3) is 0.259. The largest absolute Gasteiger partial charge is 0.456 e. The maximum Gasteiger partial charge on any atom is 0.416 e. The lowest BCUT2D eigenvalue weighted by Gasteiger charge is -2.33. The minimum absolute atomic E-state index is 0.0719. The number of carbonyl (C=O) groups is 1. The fourth-order valence-corrected chi connectivity index (χ4v) is 4.69. The van der Waals surface area contributed by atoms with Crippen LogP contribution in [0.1, 0.15) is 11.1 Å². The van der Waals surface area contributed by atoms with Gasteiger partial charge in [0.15, 0.2) is 0 Å². The first-order valence-corrected chi connectivity index (χ1v) is 12.7. The Hall–Kier alpha value is -3.87. The molecule has 13 heteroatoms. The van der Waals surface area contributed by atoms with E-state index in [1.165, 1.54) is 30.5 Å². The van der Waals surface area contributed by atoms with Gasteiger partial charge >= 0.3 is 12.2 Å². The van der Waals surface area contributed by atoms with Crippen molar-refractivity contribution in [2.75, 3.05) is 43.9 Å². The van der Waals surface area contributed by atoms with Crippen LogP contribution in [-0.4, -0.2) is 59.0 Å². The summed E-state index contributed by atoms with van der Waals surface area (Å²) >= 11 is 6.17.